The molecule has 0 fully saturated rings. The van der Waals surface area contributed by atoms with Crippen LogP contribution in [0.5, 0.6) is 0 Å². The lowest BCUT2D eigenvalue weighted by Crippen LogP contribution is -2.16. The monoisotopic (exact) mass is 669 g/mol. The summed E-state index contributed by atoms with van der Waals surface area (Å²) in [4.78, 5) is 10.2. The Morgan fingerprint density at radius 3 is 2.10 bits per heavy atom. The number of nitrogens with zero attached hydrogens (tertiary/aromatic N) is 3. The second kappa shape index (κ2) is 10.5. The van der Waals surface area contributed by atoms with Gasteiger partial charge in [-0.2, -0.15) is 0 Å². The SMILES string of the molecule is CC1(C)c2ccccc2-c2c1c1c(c3ccccc3n1-c1ccc(-c3nc(-c4ccccc4)c4ccccc4n3)cc1)c1c2sc2ccccc21. The molecular weight excluding hydrogens is 639 g/mol. The van der Waals surface area contributed by atoms with E-state index in [2.05, 4.69) is 158 Å². The molecule has 1 aliphatic carbocycles. The summed E-state index contributed by atoms with van der Waals surface area (Å²) in [6, 6.07) is 54.5. The molecule has 0 amide bonds. The number of thiophene rings is 1. The van der Waals surface area contributed by atoms with Crippen LogP contribution in [0.25, 0.3) is 92.3 Å². The van der Waals surface area contributed by atoms with E-state index in [1.807, 2.05) is 23.5 Å². The number of aromatic nitrogens is 3. The van der Waals surface area contributed by atoms with Crippen molar-refractivity contribution in [2.75, 3.05) is 0 Å². The molecule has 7 aromatic carbocycles. The molecule has 0 spiro atoms. The number of fused-ring (bicyclic) bond motifs is 13. The first kappa shape index (κ1) is 28.7. The molecule has 0 aliphatic heterocycles. The van der Waals surface area contributed by atoms with Gasteiger partial charge in [-0.3, -0.25) is 0 Å². The minimum Gasteiger partial charge on any atom is -0.309 e. The predicted octanol–water partition coefficient (Wildman–Crippen LogP) is 12.7. The molecule has 10 aromatic rings. The Labute approximate surface area is 299 Å². The molecule has 0 saturated carbocycles. The summed E-state index contributed by atoms with van der Waals surface area (Å²) in [5, 5.41) is 6.37. The van der Waals surface area contributed by atoms with Gasteiger partial charge in [-0.05, 0) is 59.2 Å². The fourth-order valence-corrected chi connectivity index (χ4v) is 10.0. The number of hydrogen-bond acceptors (Lipinski definition) is 3. The molecule has 4 heteroatoms. The highest BCUT2D eigenvalue weighted by Crippen LogP contribution is 2.58. The molecule has 0 atom stereocenters. The van der Waals surface area contributed by atoms with Crippen LogP contribution in [-0.4, -0.2) is 14.5 Å². The summed E-state index contributed by atoms with van der Waals surface area (Å²) < 4.78 is 5.23. The molecule has 0 unspecified atom stereocenters. The summed E-state index contributed by atoms with van der Waals surface area (Å²) in [5.74, 6) is 0.727. The normalized spacial score (nSPS) is 13.5. The minimum atomic E-state index is -0.187. The quantitative estimate of drug-likeness (QED) is 0.187. The van der Waals surface area contributed by atoms with Crippen LogP contribution in [0.3, 0.4) is 0 Å². The zero-order valence-electron chi connectivity index (χ0n) is 28.2. The molecule has 3 heterocycles. The topological polar surface area (TPSA) is 30.7 Å². The first-order valence-electron chi connectivity index (χ1n) is 17.5. The smallest absolute Gasteiger partial charge is 0.160 e. The van der Waals surface area contributed by atoms with Gasteiger partial charge < -0.3 is 4.57 Å². The van der Waals surface area contributed by atoms with Crippen LogP contribution in [0.1, 0.15) is 25.0 Å². The van der Waals surface area contributed by atoms with Crippen LogP contribution in [0.4, 0.5) is 0 Å². The largest absolute Gasteiger partial charge is 0.309 e. The van der Waals surface area contributed by atoms with Crippen molar-refractivity contribution >= 4 is 64.2 Å². The van der Waals surface area contributed by atoms with Gasteiger partial charge >= 0.3 is 0 Å². The first-order valence-corrected chi connectivity index (χ1v) is 18.3. The van der Waals surface area contributed by atoms with Gasteiger partial charge in [-0.1, -0.05) is 123 Å². The van der Waals surface area contributed by atoms with E-state index in [1.54, 1.807) is 0 Å². The van der Waals surface area contributed by atoms with Crippen molar-refractivity contribution in [2.45, 2.75) is 19.3 Å². The van der Waals surface area contributed by atoms with E-state index < -0.39 is 0 Å². The van der Waals surface area contributed by atoms with Crippen molar-refractivity contribution in [3.8, 4) is 39.5 Å². The van der Waals surface area contributed by atoms with Gasteiger partial charge in [0.25, 0.3) is 0 Å². The molecule has 51 heavy (non-hydrogen) atoms. The highest BCUT2D eigenvalue weighted by atomic mass is 32.1. The van der Waals surface area contributed by atoms with Gasteiger partial charge in [0.2, 0.25) is 0 Å². The highest BCUT2D eigenvalue weighted by molar-refractivity contribution is 7.26. The molecule has 3 nitrogen and oxygen atoms in total. The number of para-hydroxylation sites is 2. The van der Waals surface area contributed by atoms with E-state index in [-0.39, 0.29) is 5.41 Å². The molecule has 0 N–H and O–H groups in total. The number of hydrogen-bond donors (Lipinski definition) is 0. The third-order valence-electron chi connectivity index (χ3n) is 11.0. The predicted molar refractivity (Wildman–Crippen MR) is 215 cm³/mol. The van der Waals surface area contributed by atoms with Crippen LogP contribution in [-0.2, 0) is 5.41 Å². The summed E-state index contributed by atoms with van der Waals surface area (Å²) in [6.45, 7) is 4.81. The van der Waals surface area contributed by atoms with Gasteiger partial charge in [0.15, 0.2) is 5.82 Å². The summed E-state index contributed by atoms with van der Waals surface area (Å²) in [7, 11) is 0. The summed E-state index contributed by atoms with van der Waals surface area (Å²) in [5.41, 5.74) is 13.0. The van der Waals surface area contributed by atoms with Gasteiger partial charge in [0.1, 0.15) is 0 Å². The Kier molecular flexibility index (Phi) is 5.89. The average Bonchev–Trinajstić information content (AvgIpc) is 3.80. The molecule has 3 aromatic heterocycles. The van der Waals surface area contributed by atoms with Crippen molar-refractivity contribution < 1.29 is 0 Å². The number of rotatable bonds is 3. The van der Waals surface area contributed by atoms with Crippen molar-refractivity contribution in [3.63, 3.8) is 0 Å². The molecule has 11 rings (SSSR count). The fourth-order valence-electron chi connectivity index (χ4n) is 8.73. The lowest BCUT2D eigenvalue weighted by atomic mass is 9.81. The Hall–Kier alpha value is -6.10. The second-order valence-corrected chi connectivity index (χ2v) is 15.2. The van der Waals surface area contributed by atoms with E-state index in [0.717, 1.165) is 39.2 Å². The van der Waals surface area contributed by atoms with Crippen LogP contribution >= 0.6 is 11.3 Å². The zero-order valence-corrected chi connectivity index (χ0v) is 29.0. The fraction of sp³-hybridized carbons (Fsp3) is 0.0638. The first-order chi connectivity index (χ1) is 25.1. The zero-order chi connectivity index (χ0) is 33.8. The second-order valence-electron chi connectivity index (χ2n) is 14.1. The third kappa shape index (κ3) is 3.94. The van der Waals surface area contributed by atoms with Gasteiger partial charge in [-0.25, -0.2) is 9.97 Å². The van der Waals surface area contributed by atoms with Gasteiger partial charge in [0, 0.05) is 64.1 Å². The molecule has 0 bridgehead atoms. The van der Waals surface area contributed by atoms with E-state index in [9.17, 15) is 0 Å². The standard InChI is InChI=1S/C47H31N3S/c1-47(2)35-20-10-6-16-31(35)41-42(47)44-39(40-34-19-9-13-23-38(34)51-45(40)41)33-18-8-12-22-37(33)50(44)30-26-24-29(25-27-30)46-48-36-21-11-7-17-32(36)43(49-46)28-14-4-3-5-15-28/h3-27H,1-2H3. The van der Waals surface area contributed by atoms with E-state index in [4.69, 9.17) is 9.97 Å². The summed E-state index contributed by atoms with van der Waals surface area (Å²) in [6.07, 6.45) is 0. The minimum absolute atomic E-state index is 0.187. The van der Waals surface area contributed by atoms with Crippen molar-refractivity contribution in [2.24, 2.45) is 0 Å². The summed E-state index contributed by atoms with van der Waals surface area (Å²) >= 11 is 1.94. The van der Waals surface area contributed by atoms with Crippen LogP contribution in [0.2, 0.25) is 0 Å². The Bertz CT molecular complexity index is 3040. The molecule has 1 aliphatic rings. The molecule has 0 radical (unpaired) electrons. The molecular formula is C47H31N3S. The Balaban J connectivity index is 1.21. The number of benzene rings is 7. The van der Waals surface area contributed by atoms with Crippen LogP contribution < -0.4 is 0 Å². The maximum absolute atomic E-state index is 5.16. The third-order valence-corrected chi connectivity index (χ3v) is 12.2. The lowest BCUT2D eigenvalue weighted by molar-refractivity contribution is 0.664. The Morgan fingerprint density at radius 2 is 1.25 bits per heavy atom. The Morgan fingerprint density at radius 1 is 0.569 bits per heavy atom. The van der Waals surface area contributed by atoms with Crippen molar-refractivity contribution in [3.05, 3.63) is 163 Å². The van der Waals surface area contributed by atoms with Crippen LogP contribution in [0, 0.1) is 0 Å². The van der Waals surface area contributed by atoms with Crippen molar-refractivity contribution in [1.29, 1.82) is 0 Å². The van der Waals surface area contributed by atoms with Gasteiger partial charge in [0.05, 0.1) is 22.2 Å². The highest BCUT2D eigenvalue weighted by Gasteiger charge is 2.41. The maximum atomic E-state index is 5.16. The van der Waals surface area contributed by atoms with E-state index in [1.165, 1.54) is 64.2 Å². The molecule has 240 valence electrons. The maximum Gasteiger partial charge on any atom is 0.160 e. The molecule has 0 saturated heterocycles. The van der Waals surface area contributed by atoms with E-state index >= 15 is 0 Å². The van der Waals surface area contributed by atoms with Crippen molar-refractivity contribution in [1.82, 2.24) is 14.5 Å². The van der Waals surface area contributed by atoms with Gasteiger partial charge in [-0.15, -0.1) is 11.3 Å². The van der Waals surface area contributed by atoms with E-state index in [0.29, 0.717) is 0 Å². The lowest BCUT2D eigenvalue weighted by Gasteiger charge is -2.24. The van der Waals surface area contributed by atoms with Crippen LogP contribution in [0.15, 0.2) is 152 Å². The average molecular weight is 670 g/mol.